The Bertz CT molecular complexity index is 619. The van der Waals surface area contributed by atoms with E-state index in [1.54, 1.807) is 31.2 Å². The van der Waals surface area contributed by atoms with Gasteiger partial charge in [0.1, 0.15) is 0 Å². The van der Waals surface area contributed by atoms with E-state index in [1.807, 2.05) is 0 Å². The lowest BCUT2D eigenvalue weighted by molar-refractivity contribution is -0.137. The number of hydrogen-bond donors (Lipinski definition) is 0. The van der Waals surface area contributed by atoms with Crippen molar-refractivity contribution < 1.29 is 13.2 Å². The van der Waals surface area contributed by atoms with Crippen molar-refractivity contribution in [1.29, 1.82) is 0 Å². The number of hydrogen-bond acceptors (Lipinski definition) is 0. The highest BCUT2D eigenvalue weighted by Crippen LogP contribution is 2.37. The maximum absolute atomic E-state index is 12.8. The molecule has 0 aliphatic rings. The van der Waals surface area contributed by atoms with Gasteiger partial charge in [0.2, 0.25) is 0 Å². The lowest BCUT2D eigenvalue weighted by atomic mass is 10.00. The summed E-state index contributed by atoms with van der Waals surface area (Å²) in [5.41, 5.74) is 0.711. The molecule has 0 atom stereocenters. The van der Waals surface area contributed by atoms with Crippen LogP contribution in [0.4, 0.5) is 13.2 Å². The molecule has 5 heteroatoms. The summed E-state index contributed by atoms with van der Waals surface area (Å²) in [7, 11) is 0. The number of alkyl halides is 3. The Kier molecular flexibility index (Phi) is 3.79. The fraction of sp³-hybridized carbons (Fsp3) is 0.143. The van der Waals surface area contributed by atoms with Crippen molar-refractivity contribution in [2.45, 2.75) is 13.1 Å². The van der Waals surface area contributed by atoms with Gasteiger partial charge in [-0.3, -0.25) is 0 Å². The summed E-state index contributed by atoms with van der Waals surface area (Å²) < 4.78 is 38.4. The highest BCUT2D eigenvalue weighted by molar-refractivity contribution is 6.43. The minimum Gasteiger partial charge on any atom is -0.166 e. The second kappa shape index (κ2) is 5.06. The molecule has 0 unspecified atom stereocenters. The van der Waals surface area contributed by atoms with Crippen LogP contribution in [0.3, 0.4) is 0 Å². The van der Waals surface area contributed by atoms with Crippen molar-refractivity contribution in [2.75, 3.05) is 0 Å². The second-order valence-corrected chi connectivity index (χ2v) is 4.97. The Morgan fingerprint density at radius 1 is 1.00 bits per heavy atom. The average Bonchev–Trinajstić information content (AvgIpc) is 2.31. The minimum atomic E-state index is -4.38. The molecular weight excluding hydrogens is 296 g/mol. The fourth-order valence-electron chi connectivity index (χ4n) is 1.83. The molecule has 0 saturated carbocycles. The highest BCUT2D eigenvalue weighted by atomic mass is 35.5. The second-order valence-electron chi connectivity index (χ2n) is 4.19. The predicted octanol–water partition coefficient (Wildman–Crippen LogP) is 5.99. The zero-order valence-corrected chi connectivity index (χ0v) is 11.4. The number of aryl methyl sites for hydroxylation is 1. The molecule has 0 aliphatic carbocycles. The molecule has 19 heavy (non-hydrogen) atoms. The van der Waals surface area contributed by atoms with Gasteiger partial charge in [-0.15, -0.1) is 0 Å². The van der Waals surface area contributed by atoms with E-state index < -0.39 is 11.7 Å². The van der Waals surface area contributed by atoms with Gasteiger partial charge in [0.15, 0.2) is 0 Å². The molecule has 0 saturated heterocycles. The Morgan fingerprint density at radius 3 is 2.32 bits per heavy atom. The van der Waals surface area contributed by atoms with Crippen LogP contribution in [0.1, 0.15) is 11.1 Å². The van der Waals surface area contributed by atoms with Crippen molar-refractivity contribution >= 4 is 23.2 Å². The molecule has 0 N–H and O–H groups in total. The summed E-state index contributed by atoms with van der Waals surface area (Å²) in [6, 6.07) is 8.70. The van der Waals surface area contributed by atoms with Crippen LogP contribution >= 0.6 is 23.2 Å². The van der Waals surface area contributed by atoms with E-state index in [0.29, 0.717) is 21.7 Å². The van der Waals surface area contributed by atoms with Crippen LogP contribution in [0.2, 0.25) is 10.0 Å². The molecular formula is C14H9Cl2F3. The number of rotatable bonds is 1. The van der Waals surface area contributed by atoms with E-state index in [2.05, 4.69) is 0 Å². The largest absolute Gasteiger partial charge is 0.416 e. The first-order valence-electron chi connectivity index (χ1n) is 5.42. The lowest BCUT2D eigenvalue weighted by Crippen LogP contribution is -2.05. The smallest absolute Gasteiger partial charge is 0.166 e. The quantitative estimate of drug-likeness (QED) is 0.607. The zero-order valence-electron chi connectivity index (χ0n) is 9.85. The molecule has 0 aromatic heterocycles. The van der Waals surface area contributed by atoms with Crippen LogP contribution in [0.25, 0.3) is 11.1 Å². The van der Waals surface area contributed by atoms with Gasteiger partial charge in [0, 0.05) is 5.56 Å². The third-order valence-electron chi connectivity index (χ3n) is 2.67. The molecule has 100 valence electrons. The molecule has 0 nitrogen and oxygen atoms in total. The van der Waals surface area contributed by atoms with Crippen molar-refractivity contribution in [1.82, 2.24) is 0 Å². The maximum Gasteiger partial charge on any atom is 0.416 e. The van der Waals surface area contributed by atoms with Crippen LogP contribution in [0, 0.1) is 6.92 Å². The van der Waals surface area contributed by atoms with E-state index in [4.69, 9.17) is 23.2 Å². The van der Waals surface area contributed by atoms with Gasteiger partial charge in [-0.25, -0.2) is 0 Å². The third-order valence-corrected chi connectivity index (χ3v) is 3.49. The van der Waals surface area contributed by atoms with Crippen LogP contribution in [0.5, 0.6) is 0 Å². The summed E-state index contributed by atoms with van der Waals surface area (Å²) >= 11 is 11.9. The highest BCUT2D eigenvalue weighted by Gasteiger charge is 2.31. The van der Waals surface area contributed by atoms with Crippen molar-refractivity contribution in [3.05, 3.63) is 57.6 Å². The Hall–Kier alpha value is -1.19. The van der Waals surface area contributed by atoms with Gasteiger partial charge in [-0.1, -0.05) is 41.4 Å². The molecule has 0 bridgehead atoms. The molecule has 0 amide bonds. The van der Waals surface area contributed by atoms with Crippen LogP contribution < -0.4 is 0 Å². The van der Waals surface area contributed by atoms with E-state index in [1.165, 1.54) is 0 Å². The first-order chi connectivity index (χ1) is 8.79. The van der Waals surface area contributed by atoms with Gasteiger partial charge in [0.25, 0.3) is 0 Å². The molecule has 0 fully saturated rings. The summed E-state index contributed by atoms with van der Waals surface area (Å²) in [4.78, 5) is 0. The monoisotopic (exact) mass is 304 g/mol. The Balaban J connectivity index is 2.63. The topological polar surface area (TPSA) is 0 Å². The Labute approximate surface area is 118 Å². The normalized spacial score (nSPS) is 11.7. The van der Waals surface area contributed by atoms with E-state index >= 15 is 0 Å². The Morgan fingerprint density at radius 2 is 1.68 bits per heavy atom. The van der Waals surface area contributed by atoms with E-state index in [9.17, 15) is 13.2 Å². The molecule has 2 rings (SSSR count). The SMILES string of the molecule is Cc1cc(-c2cccc(Cl)c2Cl)cc(C(F)(F)F)c1. The number of halogens is 5. The van der Waals surface area contributed by atoms with Gasteiger partial charge < -0.3 is 0 Å². The third kappa shape index (κ3) is 3.04. The predicted molar refractivity (Wildman–Crippen MR) is 71.6 cm³/mol. The molecule has 0 heterocycles. The minimum absolute atomic E-state index is 0.253. The van der Waals surface area contributed by atoms with E-state index in [0.717, 1.165) is 12.1 Å². The molecule has 0 radical (unpaired) electrons. The van der Waals surface area contributed by atoms with Gasteiger partial charge in [-0.05, 0) is 36.2 Å². The van der Waals surface area contributed by atoms with Crippen molar-refractivity contribution in [3.8, 4) is 11.1 Å². The van der Waals surface area contributed by atoms with Gasteiger partial charge in [0.05, 0.1) is 15.6 Å². The first-order valence-corrected chi connectivity index (χ1v) is 6.18. The van der Waals surface area contributed by atoms with Crippen LogP contribution in [-0.4, -0.2) is 0 Å². The summed E-state index contributed by atoms with van der Waals surface area (Å²) in [6.07, 6.45) is -4.38. The lowest BCUT2D eigenvalue weighted by Gasteiger charge is -2.12. The maximum atomic E-state index is 12.8. The summed E-state index contributed by atoms with van der Waals surface area (Å²) in [6.45, 7) is 1.61. The van der Waals surface area contributed by atoms with Crippen molar-refractivity contribution in [2.24, 2.45) is 0 Å². The summed E-state index contributed by atoms with van der Waals surface area (Å²) in [5, 5.41) is 0.567. The molecule has 0 aliphatic heterocycles. The molecule has 0 spiro atoms. The van der Waals surface area contributed by atoms with Gasteiger partial charge in [-0.2, -0.15) is 13.2 Å². The fourth-order valence-corrected chi connectivity index (χ4v) is 2.24. The molecule has 2 aromatic rings. The van der Waals surface area contributed by atoms with Crippen molar-refractivity contribution in [3.63, 3.8) is 0 Å². The van der Waals surface area contributed by atoms with Gasteiger partial charge >= 0.3 is 6.18 Å². The van der Waals surface area contributed by atoms with E-state index in [-0.39, 0.29) is 5.02 Å². The van der Waals surface area contributed by atoms with Crippen LogP contribution in [0.15, 0.2) is 36.4 Å². The summed E-state index contributed by atoms with van der Waals surface area (Å²) in [5.74, 6) is 0. The first kappa shape index (κ1) is 14.2. The standard InChI is InChI=1S/C14H9Cl2F3/c1-8-5-9(7-10(6-8)14(17,18)19)11-3-2-4-12(15)13(11)16/h2-7H,1H3. The van der Waals surface area contributed by atoms with Crippen LogP contribution in [-0.2, 0) is 6.18 Å². The zero-order chi connectivity index (χ0) is 14.2. The average molecular weight is 305 g/mol. The number of benzene rings is 2. The molecule has 2 aromatic carbocycles.